The van der Waals surface area contributed by atoms with Gasteiger partial charge in [0.05, 0.1) is 6.26 Å². The van der Waals surface area contributed by atoms with Gasteiger partial charge in [0.1, 0.15) is 17.1 Å². The molecule has 4 heterocycles. The number of amides is 2. The molecule has 0 saturated carbocycles. The number of fused-ring (bicyclic) bond motifs is 1. The molecule has 10 heteroatoms. The van der Waals surface area contributed by atoms with Crippen molar-refractivity contribution in [2.24, 2.45) is 0 Å². The van der Waals surface area contributed by atoms with E-state index in [-0.39, 0.29) is 30.1 Å². The van der Waals surface area contributed by atoms with Crippen molar-refractivity contribution >= 4 is 17.6 Å². The first kappa shape index (κ1) is 23.0. The second-order valence-electron chi connectivity index (χ2n) is 9.40. The van der Waals surface area contributed by atoms with Crippen LogP contribution < -0.4 is 25.4 Å². The van der Waals surface area contributed by atoms with E-state index in [1.807, 2.05) is 32.9 Å². The molecule has 2 aliphatic rings. The Morgan fingerprint density at radius 2 is 2.17 bits per heavy atom. The molecule has 0 bridgehead atoms. The zero-order valence-electron chi connectivity index (χ0n) is 20.0. The topological polar surface area (TPSA) is 120 Å². The van der Waals surface area contributed by atoms with Gasteiger partial charge in [-0.3, -0.25) is 14.9 Å². The molecule has 2 amide bonds. The van der Waals surface area contributed by atoms with Crippen LogP contribution >= 0.6 is 0 Å². The van der Waals surface area contributed by atoms with Crippen molar-refractivity contribution < 1.29 is 23.5 Å². The average Bonchev–Trinajstić information content (AvgIpc) is 3.54. The summed E-state index contributed by atoms with van der Waals surface area (Å²) in [6.07, 6.45) is 2.88. The molecule has 2 unspecified atom stereocenters. The lowest BCUT2D eigenvalue weighted by Crippen LogP contribution is -2.53. The number of ether oxygens (including phenoxy) is 2. The number of para-hydroxylation sites is 1. The summed E-state index contributed by atoms with van der Waals surface area (Å²) < 4.78 is 18.9. The predicted octanol–water partition coefficient (Wildman–Crippen LogP) is 3.22. The van der Waals surface area contributed by atoms with Crippen molar-refractivity contribution in [1.82, 2.24) is 20.4 Å². The summed E-state index contributed by atoms with van der Waals surface area (Å²) in [5, 5.41) is 13.7. The molecule has 35 heavy (non-hydrogen) atoms. The number of furan rings is 1. The number of carbonyl (C=O) groups excluding carboxylic acids is 2. The number of benzene rings is 1. The Balaban J connectivity index is 1.34. The van der Waals surface area contributed by atoms with Crippen LogP contribution in [0.4, 0.5) is 5.82 Å². The molecule has 0 radical (unpaired) electrons. The summed E-state index contributed by atoms with van der Waals surface area (Å²) in [6.45, 7) is 5.82. The number of nitrogens with zero attached hydrogens (tertiary/aromatic N) is 2. The van der Waals surface area contributed by atoms with Gasteiger partial charge in [-0.05, 0) is 38.5 Å². The highest BCUT2D eigenvalue weighted by Gasteiger charge is 2.33. The van der Waals surface area contributed by atoms with Crippen LogP contribution in [-0.4, -0.2) is 39.8 Å². The van der Waals surface area contributed by atoms with Crippen molar-refractivity contribution in [3.63, 3.8) is 0 Å². The Kier molecular flexibility index (Phi) is 5.98. The Hall–Kier alpha value is -3.79. The fraction of sp³-hybridized carbons (Fsp3) is 0.400. The Morgan fingerprint density at radius 1 is 1.31 bits per heavy atom. The molecule has 3 N–H and O–H groups in total. The number of nitrogens with one attached hydrogen (secondary N) is 3. The first-order valence-electron chi connectivity index (χ1n) is 11.7. The van der Waals surface area contributed by atoms with Crippen LogP contribution in [0.3, 0.4) is 0 Å². The van der Waals surface area contributed by atoms with Gasteiger partial charge in [-0.15, -0.1) is 0 Å². The second-order valence-corrected chi connectivity index (χ2v) is 9.40. The van der Waals surface area contributed by atoms with Gasteiger partial charge in [0.25, 0.3) is 5.91 Å². The molecular formula is C25H29N5O5. The molecular weight excluding hydrogens is 450 g/mol. The van der Waals surface area contributed by atoms with Gasteiger partial charge >= 0.3 is 0 Å². The van der Waals surface area contributed by atoms with E-state index in [0.29, 0.717) is 35.2 Å². The molecule has 184 valence electrons. The summed E-state index contributed by atoms with van der Waals surface area (Å²) >= 11 is 0. The Morgan fingerprint density at radius 3 is 2.94 bits per heavy atom. The van der Waals surface area contributed by atoms with Gasteiger partial charge in [-0.1, -0.05) is 19.1 Å². The second kappa shape index (κ2) is 9.10. The van der Waals surface area contributed by atoms with E-state index in [2.05, 4.69) is 21.0 Å². The molecule has 0 spiro atoms. The molecule has 1 saturated heterocycles. The van der Waals surface area contributed by atoms with Crippen molar-refractivity contribution in [2.45, 2.75) is 58.0 Å². The maximum atomic E-state index is 12.9. The Labute approximate surface area is 203 Å². The van der Waals surface area contributed by atoms with E-state index in [4.69, 9.17) is 13.9 Å². The molecule has 3 aromatic rings. The highest BCUT2D eigenvalue weighted by atomic mass is 16.5. The molecule has 2 aliphatic heterocycles. The molecule has 10 nitrogen and oxygen atoms in total. The van der Waals surface area contributed by atoms with E-state index in [9.17, 15) is 9.59 Å². The summed E-state index contributed by atoms with van der Waals surface area (Å²) in [7, 11) is 0. The number of hydrogen-bond acceptors (Lipinski definition) is 7. The molecule has 1 fully saturated rings. The van der Waals surface area contributed by atoms with Gasteiger partial charge in [-0.25, -0.2) is 4.68 Å². The number of carbonyl (C=O) groups is 2. The van der Waals surface area contributed by atoms with Crippen LogP contribution in [0.5, 0.6) is 11.5 Å². The van der Waals surface area contributed by atoms with E-state index in [0.717, 1.165) is 18.4 Å². The van der Waals surface area contributed by atoms with Crippen LogP contribution in [0.15, 0.2) is 47.1 Å². The standard InChI is InChI=1S/C25H29N5O5/c1-4-16-11-21(31)28-24(26-16)30-20(12-17(29-30)18-9-6-10-33-18)27-22(32)14-34-19-8-5-7-15-13-25(2,3)35-23(15)19/h5-10,12,16,24,26H,4,11,13-14H2,1-3H3,(H,27,32)(H,28,31). The molecule has 0 aliphatic carbocycles. The number of aromatic nitrogens is 2. The minimum atomic E-state index is -0.617. The van der Waals surface area contributed by atoms with Crippen molar-refractivity contribution in [3.05, 3.63) is 48.2 Å². The quantitative estimate of drug-likeness (QED) is 0.476. The van der Waals surface area contributed by atoms with Crippen LogP contribution in [-0.2, 0) is 16.0 Å². The van der Waals surface area contributed by atoms with Crippen LogP contribution in [0.2, 0.25) is 0 Å². The van der Waals surface area contributed by atoms with E-state index >= 15 is 0 Å². The number of rotatable bonds is 7. The zero-order valence-corrected chi connectivity index (χ0v) is 20.0. The number of hydrogen-bond donors (Lipinski definition) is 3. The highest BCUT2D eigenvalue weighted by molar-refractivity contribution is 5.91. The largest absolute Gasteiger partial charge is 0.483 e. The fourth-order valence-electron chi connectivity index (χ4n) is 4.41. The lowest BCUT2D eigenvalue weighted by molar-refractivity contribution is -0.125. The maximum absolute atomic E-state index is 12.9. The van der Waals surface area contributed by atoms with Gasteiger partial charge < -0.3 is 24.5 Å². The monoisotopic (exact) mass is 479 g/mol. The lowest BCUT2D eigenvalue weighted by atomic mass is 10.0. The molecule has 2 atom stereocenters. The molecule has 2 aromatic heterocycles. The van der Waals surface area contributed by atoms with Gasteiger partial charge in [0.15, 0.2) is 30.2 Å². The first-order valence-corrected chi connectivity index (χ1v) is 11.7. The number of anilines is 1. The molecule has 5 rings (SSSR count). The van der Waals surface area contributed by atoms with Crippen LogP contribution in [0.25, 0.3) is 11.5 Å². The predicted molar refractivity (Wildman–Crippen MR) is 128 cm³/mol. The first-order chi connectivity index (χ1) is 16.8. The normalized spacial score (nSPS) is 20.6. The summed E-state index contributed by atoms with van der Waals surface area (Å²) in [4.78, 5) is 25.1. The highest BCUT2D eigenvalue weighted by Crippen LogP contribution is 2.41. The summed E-state index contributed by atoms with van der Waals surface area (Å²) in [6, 6.07) is 10.9. The maximum Gasteiger partial charge on any atom is 0.263 e. The summed E-state index contributed by atoms with van der Waals surface area (Å²) in [5.74, 6) is 1.69. The van der Waals surface area contributed by atoms with Gasteiger partial charge in [0.2, 0.25) is 5.91 Å². The van der Waals surface area contributed by atoms with Crippen LogP contribution in [0.1, 0.15) is 45.5 Å². The summed E-state index contributed by atoms with van der Waals surface area (Å²) in [5.41, 5.74) is 1.27. The third-order valence-corrected chi connectivity index (χ3v) is 6.05. The Bertz CT molecular complexity index is 1230. The van der Waals surface area contributed by atoms with E-state index in [1.54, 1.807) is 35.2 Å². The minimum absolute atomic E-state index is 0.00123. The smallest absolute Gasteiger partial charge is 0.263 e. The third-order valence-electron chi connectivity index (χ3n) is 6.05. The minimum Gasteiger partial charge on any atom is -0.483 e. The van der Waals surface area contributed by atoms with Crippen molar-refractivity contribution in [2.75, 3.05) is 11.9 Å². The van der Waals surface area contributed by atoms with E-state index < -0.39 is 6.29 Å². The van der Waals surface area contributed by atoms with Gasteiger partial charge in [-0.2, -0.15) is 5.10 Å². The zero-order chi connectivity index (χ0) is 24.6. The van der Waals surface area contributed by atoms with Crippen LogP contribution in [0, 0.1) is 0 Å². The van der Waals surface area contributed by atoms with Crippen molar-refractivity contribution in [1.29, 1.82) is 0 Å². The fourth-order valence-corrected chi connectivity index (χ4v) is 4.41. The van der Waals surface area contributed by atoms with Gasteiger partial charge in [0, 0.05) is 30.5 Å². The van der Waals surface area contributed by atoms with Crippen molar-refractivity contribution in [3.8, 4) is 23.0 Å². The third kappa shape index (κ3) is 4.88. The SMILES string of the molecule is CCC1CC(=O)NC(n2nc(-c3ccco3)cc2NC(=O)COc2cccc3c2OC(C)(C)C3)N1. The van der Waals surface area contributed by atoms with E-state index in [1.165, 1.54) is 0 Å². The molecule has 1 aromatic carbocycles. The average molecular weight is 480 g/mol. The lowest BCUT2D eigenvalue weighted by Gasteiger charge is -2.31.